The molecule has 2 heterocycles. The predicted molar refractivity (Wildman–Crippen MR) is 77.4 cm³/mol. The van der Waals surface area contributed by atoms with Crippen LogP contribution >= 0.6 is 0 Å². The molecular weight excluding hydrogens is 238 g/mol. The van der Waals surface area contributed by atoms with Crippen LogP contribution in [-0.4, -0.2) is 28.8 Å². The number of nitrogens with zero attached hydrogens (tertiary/aromatic N) is 2. The molecular formula is C15H21N3O. The lowest BCUT2D eigenvalue weighted by molar-refractivity contribution is 0.0134. The van der Waals surface area contributed by atoms with Gasteiger partial charge >= 0.3 is 0 Å². The number of anilines is 1. The zero-order valence-corrected chi connectivity index (χ0v) is 11.4. The van der Waals surface area contributed by atoms with Crippen molar-refractivity contribution in [2.24, 2.45) is 7.05 Å². The molecule has 0 radical (unpaired) electrons. The van der Waals surface area contributed by atoms with E-state index < -0.39 is 0 Å². The quantitative estimate of drug-likeness (QED) is 0.917. The van der Waals surface area contributed by atoms with Crippen LogP contribution < -0.4 is 5.32 Å². The van der Waals surface area contributed by atoms with Crippen molar-refractivity contribution >= 4 is 17.0 Å². The SMILES string of the molecule is Cn1c(NCCC2CCCCO2)nc2ccccc21. The third-order valence-electron chi connectivity index (χ3n) is 3.81. The van der Waals surface area contributed by atoms with Crippen LogP contribution in [0.4, 0.5) is 5.95 Å². The monoisotopic (exact) mass is 259 g/mol. The van der Waals surface area contributed by atoms with Gasteiger partial charge in [-0.2, -0.15) is 0 Å². The van der Waals surface area contributed by atoms with E-state index in [2.05, 4.69) is 28.0 Å². The van der Waals surface area contributed by atoms with Crippen molar-refractivity contribution in [3.8, 4) is 0 Å². The Bertz CT molecular complexity index is 543. The topological polar surface area (TPSA) is 39.1 Å². The molecule has 4 nitrogen and oxygen atoms in total. The lowest BCUT2D eigenvalue weighted by Gasteiger charge is -2.22. The highest BCUT2D eigenvalue weighted by molar-refractivity contribution is 5.78. The number of ether oxygens (including phenoxy) is 1. The summed E-state index contributed by atoms with van der Waals surface area (Å²) < 4.78 is 7.85. The van der Waals surface area contributed by atoms with Crippen molar-refractivity contribution in [2.45, 2.75) is 31.8 Å². The second-order valence-corrected chi connectivity index (χ2v) is 5.19. The summed E-state index contributed by atoms with van der Waals surface area (Å²) in [6.45, 7) is 1.85. The van der Waals surface area contributed by atoms with E-state index in [0.717, 1.165) is 31.0 Å². The molecule has 1 aromatic carbocycles. The minimum Gasteiger partial charge on any atom is -0.378 e. The van der Waals surface area contributed by atoms with E-state index in [1.807, 2.05) is 18.2 Å². The van der Waals surface area contributed by atoms with Gasteiger partial charge in [0.05, 0.1) is 17.1 Å². The van der Waals surface area contributed by atoms with Gasteiger partial charge in [0.15, 0.2) is 0 Å². The number of benzene rings is 1. The first-order valence-corrected chi connectivity index (χ1v) is 7.11. The molecule has 1 unspecified atom stereocenters. The van der Waals surface area contributed by atoms with Crippen molar-refractivity contribution in [3.63, 3.8) is 0 Å². The highest BCUT2D eigenvalue weighted by atomic mass is 16.5. The average Bonchev–Trinajstić information content (AvgIpc) is 2.78. The van der Waals surface area contributed by atoms with E-state index in [1.54, 1.807) is 0 Å². The summed E-state index contributed by atoms with van der Waals surface area (Å²) in [5.74, 6) is 0.942. The predicted octanol–water partition coefficient (Wildman–Crippen LogP) is 2.94. The molecule has 1 aliphatic heterocycles. The Morgan fingerprint density at radius 2 is 2.26 bits per heavy atom. The van der Waals surface area contributed by atoms with Crippen molar-refractivity contribution in [3.05, 3.63) is 24.3 Å². The number of aromatic nitrogens is 2. The van der Waals surface area contributed by atoms with Gasteiger partial charge in [0.25, 0.3) is 0 Å². The summed E-state index contributed by atoms with van der Waals surface area (Å²) in [5.41, 5.74) is 2.21. The highest BCUT2D eigenvalue weighted by Gasteiger charge is 2.13. The fraction of sp³-hybridized carbons (Fsp3) is 0.533. The molecule has 2 aromatic rings. The van der Waals surface area contributed by atoms with E-state index in [0.29, 0.717) is 6.10 Å². The van der Waals surface area contributed by atoms with E-state index in [9.17, 15) is 0 Å². The van der Waals surface area contributed by atoms with Gasteiger partial charge in [-0.25, -0.2) is 4.98 Å². The first-order chi connectivity index (χ1) is 9.34. The summed E-state index contributed by atoms with van der Waals surface area (Å²) in [6.07, 6.45) is 5.20. The third kappa shape index (κ3) is 2.73. The van der Waals surface area contributed by atoms with Crippen molar-refractivity contribution in [1.29, 1.82) is 0 Å². The molecule has 1 saturated heterocycles. The Hall–Kier alpha value is -1.55. The van der Waals surface area contributed by atoms with Crippen LogP contribution in [0.1, 0.15) is 25.7 Å². The van der Waals surface area contributed by atoms with Crippen LogP contribution in [-0.2, 0) is 11.8 Å². The van der Waals surface area contributed by atoms with Gasteiger partial charge in [0, 0.05) is 20.2 Å². The standard InChI is InChI=1S/C15H21N3O/c1-18-14-8-3-2-7-13(14)17-15(18)16-10-9-12-6-4-5-11-19-12/h2-3,7-8,12H,4-6,9-11H2,1H3,(H,16,17). The molecule has 0 bridgehead atoms. The molecule has 1 aromatic heterocycles. The molecule has 19 heavy (non-hydrogen) atoms. The van der Waals surface area contributed by atoms with Crippen LogP contribution in [0.5, 0.6) is 0 Å². The first kappa shape index (κ1) is 12.5. The van der Waals surface area contributed by atoms with E-state index in [4.69, 9.17) is 4.74 Å². The zero-order chi connectivity index (χ0) is 13.1. The van der Waals surface area contributed by atoms with E-state index in [1.165, 1.54) is 24.8 Å². The number of imidazole rings is 1. The molecule has 1 atom stereocenters. The second kappa shape index (κ2) is 5.61. The second-order valence-electron chi connectivity index (χ2n) is 5.19. The maximum atomic E-state index is 5.74. The molecule has 3 rings (SSSR count). The Balaban J connectivity index is 1.60. The van der Waals surface area contributed by atoms with Gasteiger partial charge in [-0.3, -0.25) is 0 Å². The molecule has 0 aliphatic carbocycles. The number of hydrogen-bond acceptors (Lipinski definition) is 3. The smallest absolute Gasteiger partial charge is 0.203 e. The van der Waals surface area contributed by atoms with Crippen LogP contribution in [0.25, 0.3) is 11.0 Å². The Morgan fingerprint density at radius 1 is 1.37 bits per heavy atom. The average molecular weight is 259 g/mol. The van der Waals surface area contributed by atoms with Crippen LogP contribution in [0.3, 0.4) is 0 Å². The van der Waals surface area contributed by atoms with E-state index >= 15 is 0 Å². The first-order valence-electron chi connectivity index (χ1n) is 7.11. The third-order valence-corrected chi connectivity index (χ3v) is 3.81. The number of fused-ring (bicyclic) bond motifs is 1. The van der Waals surface area contributed by atoms with Gasteiger partial charge < -0.3 is 14.6 Å². The lowest BCUT2D eigenvalue weighted by Crippen LogP contribution is -2.22. The Kier molecular flexibility index (Phi) is 3.69. The van der Waals surface area contributed by atoms with Gasteiger partial charge in [-0.05, 0) is 37.8 Å². The molecule has 1 N–H and O–H groups in total. The number of hydrogen-bond donors (Lipinski definition) is 1. The Labute approximate surface area is 113 Å². The normalized spacial score (nSPS) is 19.7. The van der Waals surface area contributed by atoms with Gasteiger partial charge in [-0.1, -0.05) is 12.1 Å². The zero-order valence-electron chi connectivity index (χ0n) is 11.4. The number of para-hydroxylation sites is 2. The van der Waals surface area contributed by atoms with Crippen LogP contribution in [0.15, 0.2) is 24.3 Å². The molecule has 0 spiro atoms. The highest BCUT2D eigenvalue weighted by Crippen LogP contribution is 2.19. The molecule has 1 fully saturated rings. The van der Waals surface area contributed by atoms with Crippen LogP contribution in [0.2, 0.25) is 0 Å². The fourth-order valence-corrected chi connectivity index (χ4v) is 2.68. The fourth-order valence-electron chi connectivity index (χ4n) is 2.68. The minimum atomic E-state index is 0.427. The van der Waals surface area contributed by atoms with Gasteiger partial charge in [0.2, 0.25) is 5.95 Å². The van der Waals surface area contributed by atoms with Crippen molar-refractivity contribution < 1.29 is 4.74 Å². The molecule has 102 valence electrons. The summed E-state index contributed by atoms with van der Waals surface area (Å²) in [7, 11) is 2.05. The maximum Gasteiger partial charge on any atom is 0.203 e. The minimum absolute atomic E-state index is 0.427. The molecule has 4 heteroatoms. The van der Waals surface area contributed by atoms with Gasteiger partial charge in [0.1, 0.15) is 0 Å². The van der Waals surface area contributed by atoms with Crippen LogP contribution in [0, 0.1) is 0 Å². The summed E-state index contributed by atoms with van der Waals surface area (Å²) in [6, 6.07) is 8.21. The molecule has 0 amide bonds. The Morgan fingerprint density at radius 3 is 3.05 bits per heavy atom. The number of nitrogens with one attached hydrogen (secondary N) is 1. The molecule has 1 aliphatic rings. The van der Waals surface area contributed by atoms with Crippen molar-refractivity contribution in [2.75, 3.05) is 18.5 Å². The summed E-state index contributed by atoms with van der Waals surface area (Å²) >= 11 is 0. The number of rotatable bonds is 4. The molecule has 0 saturated carbocycles. The van der Waals surface area contributed by atoms with E-state index in [-0.39, 0.29) is 0 Å². The largest absolute Gasteiger partial charge is 0.378 e. The maximum absolute atomic E-state index is 5.74. The van der Waals surface area contributed by atoms with Gasteiger partial charge in [-0.15, -0.1) is 0 Å². The summed E-state index contributed by atoms with van der Waals surface area (Å²) in [5, 5.41) is 3.42. The van der Waals surface area contributed by atoms with Crippen molar-refractivity contribution in [1.82, 2.24) is 9.55 Å². The number of aryl methyl sites for hydroxylation is 1. The lowest BCUT2D eigenvalue weighted by atomic mass is 10.1. The summed E-state index contributed by atoms with van der Waals surface area (Å²) in [4.78, 5) is 4.61.